The molecule has 0 aromatic heterocycles. The van der Waals surface area contributed by atoms with Crippen molar-refractivity contribution in [1.82, 2.24) is 0 Å². The first-order chi connectivity index (χ1) is 14.0. The summed E-state index contributed by atoms with van der Waals surface area (Å²) in [7, 11) is 1.38. The fourth-order valence-corrected chi connectivity index (χ4v) is 3.69. The zero-order chi connectivity index (χ0) is 22.1. The number of fused-ring (bicyclic) bond motifs is 1. The fraction of sp³-hybridized carbons (Fsp3) is 0.296. The van der Waals surface area contributed by atoms with Crippen LogP contribution in [-0.4, -0.2) is 23.8 Å². The molecule has 0 fully saturated rings. The summed E-state index contributed by atoms with van der Waals surface area (Å²) >= 11 is 0. The number of aliphatic hydroxyl groups is 1. The smallest absolute Gasteiger partial charge is 0.337 e. The summed E-state index contributed by atoms with van der Waals surface area (Å²) in [6, 6.07) is 13.8. The van der Waals surface area contributed by atoms with Gasteiger partial charge in [-0.2, -0.15) is 0 Å². The fourth-order valence-electron chi connectivity index (χ4n) is 3.69. The summed E-state index contributed by atoms with van der Waals surface area (Å²) in [6.07, 6.45) is 7.02. The van der Waals surface area contributed by atoms with E-state index in [0.29, 0.717) is 5.56 Å². The third kappa shape index (κ3) is 4.63. The van der Waals surface area contributed by atoms with Gasteiger partial charge in [0.1, 0.15) is 0 Å². The second-order valence-corrected chi connectivity index (χ2v) is 9.04. The second kappa shape index (κ2) is 8.08. The van der Waals surface area contributed by atoms with E-state index in [4.69, 9.17) is 4.74 Å². The Kier molecular flexibility index (Phi) is 5.87. The average Bonchev–Trinajstić information content (AvgIpc) is 2.71. The largest absolute Gasteiger partial charge is 0.465 e. The summed E-state index contributed by atoms with van der Waals surface area (Å²) in [4.78, 5) is 11.7. The third-order valence-corrected chi connectivity index (χ3v) is 5.57. The first kappa shape index (κ1) is 21.8. The first-order valence-electron chi connectivity index (χ1n) is 10.2. The molecule has 0 saturated heterocycles. The topological polar surface area (TPSA) is 46.5 Å². The predicted octanol–water partition coefficient (Wildman–Crippen LogP) is 5.93. The van der Waals surface area contributed by atoms with Gasteiger partial charge < -0.3 is 9.84 Å². The predicted molar refractivity (Wildman–Crippen MR) is 123 cm³/mol. The van der Waals surface area contributed by atoms with Crippen molar-refractivity contribution < 1.29 is 14.6 Å². The van der Waals surface area contributed by atoms with Crippen LogP contribution in [0.4, 0.5) is 0 Å². The van der Waals surface area contributed by atoms with Crippen molar-refractivity contribution in [1.29, 1.82) is 0 Å². The van der Waals surface area contributed by atoms with Crippen molar-refractivity contribution in [2.24, 2.45) is 0 Å². The molecule has 1 aliphatic rings. The molecule has 2 aromatic rings. The van der Waals surface area contributed by atoms with E-state index in [9.17, 15) is 9.90 Å². The number of allylic oxidation sites excluding steroid dienone is 3. The monoisotopic (exact) mass is 402 g/mol. The molecule has 0 spiro atoms. The lowest BCUT2D eigenvalue weighted by atomic mass is 9.72. The highest BCUT2D eigenvalue weighted by Gasteiger charge is 2.28. The lowest BCUT2D eigenvalue weighted by Gasteiger charge is -2.32. The highest BCUT2D eigenvalue weighted by atomic mass is 16.5. The molecule has 2 aromatic carbocycles. The Morgan fingerprint density at radius 1 is 1.10 bits per heavy atom. The lowest BCUT2D eigenvalue weighted by molar-refractivity contribution is 0.0600. The van der Waals surface area contributed by atoms with Crippen molar-refractivity contribution in [3.05, 3.63) is 95.1 Å². The van der Waals surface area contributed by atoms with Crippen LogP contribution in [0.25, 0.3) is 11.1 Å². The summed E-state index contributed by atoms with van der Waals surface area (Å²) < 4.78 is 4.77. The molecule has 3 heteroatoms. The Bertz CT molecular complexity index is 1030. The van der Waals surface area contributed by atoms with E-state index in [1.165, 1.54) is 12.7 Å². The molecule has 0 atom stereocenters. The van der Waals surface area contributed by atoms with Crippen LogP contribution in [0.3, 0.4) is 0 Å². The van der Waals surface area contributed by atoms with Crippen LogP contribution in [0.1, 0.15) is 66.7 Å². The number of hydrogen-bond acceptors (Lipinski definition) is 3. The van der Waals surface area contributed by atoms with E-state index in [-0.39, 0.29) is 11.4 Å². The maximum atomic E-state index is 11.7. The number of ether oxygens (including phenoxy) is 1. The standard InChI is InChI=1S/C27H30O3/c1-18(19-7-9-21(10-8-19)25(28)30-6)22-11-12-24-23(17-22)20(13-15-26(24,2)3)14-16-27(4,5)29/h7-14,16-17,29H,1,15H2,2-6H3/b16-14-. The van der Waals surface area contributed by atoms with E-state index in [2.05, 4.69) is 44.7 Å². The molecule has 0 aliphatic heterocycles. The number of esters is 1. The number of methoxy groups -OCH3 is 1. The number of carbonyl (C=O) groups is 1. The van der Waals surface area contributed by atoms with Crippen molar-refractivity contribution in [3.8, 4) is 0 Å². The van der Waals surface area contributed by atoms with Crippen LogP contribution in [-0.2, 0) is 10.2 Å². The van der Waals surface area contributed by atoms with Crippen LogP contribution in [0.15, 0.2) is 67.3 Å². The zero-order valence-corrected chi connectivity index (χ0v) is 18.5. The molecule has 3 nitrogen and oxygen atoms in total. The van der Waals surface area contributed by atoms with Crippen molar-refractivity contribution in [3.63, 3.8) is 0 Å². The maximum absolute atomic E-state index is 11.7. The van der Waals surface area contributed by atoms with Gasteiger partial charge in [-0.3, -0.25) is 0 Å². The molecule has 1 N–H and O–H groups in total. The van der Waals surface area contributed by atoms with Crippen molar-refractivity contribution in [2.75, 3.05) is 7.11 Å². The minimum atomic E-state index is -0.865. The van der Waals surface area contributed by atoms with Gasteiger partial charge in [0.15, 0.2) is 0 Å². The van der Waals surface area contributed by atoms with E-state index >= 15 is 0 Å². The summed E-state index contributed by atoms with van der Waals surface area (Å²) in [6.45, 7) is 12.3. The third-order valence-electron chi connectivity index (χ3n) is 5.57. The van der Waals surface area contributed by atoms with Gasteiger partial charge in [0.25, 0.3) is 0 Å². The molecule has 156 valence electrons. The molecule has 0 unspecified atom stereocenters. The van der Waals surface area contributed by atoms with Crippen molar-refractivity contribution in [2.45, 2.75) is 45.1 Å². The van der Waals surface area contributed by atoms with Crippen LogP contribution in [0, 0.1) is 0 Å². The Hall–Kier alpha value is -2.91. The van der Waals surface area contributed by atoms with Gasteiger partial charge in [-0.25, -0.2) is 4.79 Å². The molecule has 0 radical (unpaired) electrons. The first-order valence-corrected chi connectivity index (χ1v) is 10.2. The Labute approximate surface area is 179 Å². The van der Waals surface area contributed by atoms with E-state index in [1.54, 1.807) is 26.0 Å². The molecule has 30 heavy (non-hydrogen) atoms. The number of hydrogen-bond donors (Lipinski definition) is 1. The van der Waals surface area contributed by atoms with Gasteiger partial charge >= 0.3 is 5.97 Å². The van der Waals surface area contributed by atoms with E-state index < -0.39 is 5.60 Å². The molecular weight excluding hydrogens is 372 g/mol. The van der Waals surface area contributed by atoms with Gasteiger partial charge in [0.05, 0.1) is 18.3 Å². The highest BCUT2D eigenvalue weighted by Crippen LogP contribution is 2.41. The Morgan fingerprint density at radius 2 is 1.70 bits per heavy atom. The average molecular weight is 403 g/mol. The molecule has 0 heterocycles. The summed E-state index contributed by atoms with van der Waals surface area (Å²) in [5.74, 6) is -0.350. The Morgan fingerprint density at radius 3 is 2.30 bits per heavy atom. The summed E-state index contributed by atoms with van der Waals surface area (Å²) in [5, 5.41) is 10.1. The van der Waals surface area contributed by atoms with Crippen LogP contribution in [0.5, 0.6) is 0 Å². The number of benzene rings is 2. The molecular formula is C27H30O3. The zero-order valence-electron chi connectivity index (χ0n) is 18.5. The van der Waals surface area contributed by atoms with Gasteiger partial charge in [-0.15, -0.1) is 0 Å². The van der Waals surface area contributed by atoms with Gasteiger partial charge in [0, 0.05) is 0 Å². The SMILES string of the molecule is C=C(c1ccc(C(=O)OC)cc1)c1ccc2c(c1)C(/C=C\C(C)(C)O)=CCC2(C)C. The highest BCUT2D eigenvalue weighted by molar-refractivity contribution is 5.90. The van der Waals surface area contributed by atoms with E-state index in [0.717, 1.165) is 34.3 Å². The number of rotatable bonds is 5. The summed E-state index contributed by atoms with van der Waals surface area (Å²) in [5.41, 5.74) is 6.14. The molecule has 0 saturated carbocycles. The van der Waals surface area contributed by atoms with Crippen LogP contribution < -0.4 is 0 Å². The molecule has 1 aliphatic carbocycles. The van der Waals surface area contributed by atoms with E-state index in [1.807, 2.05) is 24.3 Å². The Balaban J connectivity index is 1.99. The maximum Gasteiger partial charge on any atom is 0.337 e. The minimum Gasteiger partial charge on any atom is -0.465 e. The lowest BCUT2D eigenvalue weighted by Crippen LogP contribution is -2.21. The van der Waals surface area contributed by atoms with Gasteiger partial charge in [0.2, 0.25) is 0 Å². The second-order valence-electron chi connectivity index (χ2n) is 9.04. The van der Waals surface area contributed by atoms with Gasteiger partial charge in [-0.1, -0.05) is 62.9 Å². The molecule has 3 rings (SSSR count). The normalized spacial score (nSPS) is 15.5. The molecule has 0 amide bonds. The molecule has 0 bridgehead atoms. The number of carbonyl (C=O) groups excluding carboxylic acids is 1. The van der Waals surface area contributed by atoms with Gasteiger partial charge in [-0.05, 0) is 77.3 Å². The van der Waals surface area contributed by atoms with Crippen molar-refractivity contribution >= 4 is 17.1 Å². The van der Waals surface area contributed by atoms with Crippen LogP contribution in [0.2, 0.25) is 0 Å². The minimum absolute atomic E-state index is 0.0451. The quantitative estimate of drug-likeness (QED) is 0.631. The van der Waals surface area contributed by atoms with Crippen LogP contribution >= 0.6 is 0 Å².